The number of hydrogen-bond donors (Lipinski definition) is 1. The van der Waals surface area contributed by atoms with Gasteiger partial charge < -0.3 is 10.0 Å². The predicted octanol–water partition coefficient (Wildman–Crippen LogP) is 1.56. The minimum atomic E-state index is -0.966. The summed E-state index contributed by atoms with van der Waals surface area (Å²) in [6.45, 7) is 1.43. The summed E-state index contributed by atoms with van der Waals surface area (Å²) in [5.74, 6) is -1.23. The Bertz CT molecular complexity index is 409. The molecule has 16 heavy (non-hydrogen) atoms. The average Bonchev–Trinajstić information content (AvgIpc) is 2.20. The second-order valence-electron chi connectivity index (χ2n) is 3.13. The second-order valence-corrected chi connectivity index (χ2v) is 3.49. The van der Waals surface area contributed by atoms with E-state index in [0.717, 1.165) is 0 Å². The van der Waals surface area contributed by atoms with Crippen molar-refractivity contribution in [2.24, 2.45) is 0 Å². The molecule has 0 aliphatic heterocycles. The van der Waals surface area contributed by atoms with Gasteiger partial charge in [-0.3, -0.25) is 9.59 Å². The van der Waals surface area contributed by atoms with Crippen LogP contribution in [0.25, 0.3) is 0 Å². The molecule has 0 spiro atoms. The van der Waals surface area contributed by atoms with Crippen LogP contribution in [0.15, 0.2) is 18.3 Å². The Morgan fingerprint density at radius 3 is 2.75 bits per heavy atom. The van der Waals surface area contributed by atoms with E-state index in [1.165, 1.54) is 18.0 Å². The zero-order valence-corrected chi connectivity index (χ0v) is 9.44. The van der Waals surface area contributed by atoms with Gasteiger partial charge in [-0.2, -0.15) is 0 Å². The number of nitrogens with zero attached hydrogens (tertiary/aromatic N) is 2. The number of hydrogen-bond acceptors (Lipinski definition) is 3. The number of carboxylic acids is 1. The molecule has 0 atom stereocenters. The van der Waals surface area contributed by atoms with Gasteiger partial charge in [-0.05, 0) is 12.1 Å². The lowest BCUT2D eigenvalue weighted by Gasteiger charge is -2.20. The van der Waals surface area contributed by atoms with Crippen LogP contribution in [0.5, 0.6) is 0 Å². The summed E-state index contributed by atoms with van der Waals surface area (Å²) < 4.78 is 0. The Morgan fingerprint density at radius 2 is 2.25 bits per heavy atom. The normalized spacial score (nSPS) is 9.88. The quantitative estimate of drug-likeness (QED) is 0.814. The SMILES string of the molecule is CC(=O)N(CCC(=O)O)c1cccnc1Cl. The number of rotatable bonds is 4. The molecule has 1 amide bonds. The van der Waals surface area contributed by atoms with E-state index in [1.807, 2.05) is 0 Å². The Morgan fingerprint density at radius 1 is 1.56 bits per heavy atom. The molecule has 1 N–H and O–H groups in total. The van der Waals surface area contributed by atoms with Crippen molar-refractivity contribution in [3.8, 4) is 0 Å². The van der Waals surface area contributed by atoms with E-state index < -0.39 is 5.97 Å². The van der Waals surface area contributed by atoms with Crippen LogP contribution >= 0.6 is 11.6 Å². The van der Waals surface area contributed by atoms with Gasteiger partial charge in [0.25, 0.3) is 0 Å². The van der Waals surface area contributed by atoms with Gasteiger partial charge in [-0.25, -0.2) is 4.98 Å². The summed E-state index contributed by atoms with van der Waals surface area (Å²) >= 11 is 5.83. The minimum absolute atomic E-state index is 0.0794. The van der Waals surface area contributed by atoms with E-state index in [-0.39, 0.29) is 24.0 Å². The predicted molar refractivity (Wildman–Crippen MR) is 59.5 cm³/mol. The Balaban J connectivity index is 2.90. The van der Waals surface area contributed by atoms with Gasteiger partial charge in [0.05, 0.1) is 12.1 Å². The van der Waals surface area contributed by atoms with Crippen LogP contribution < -0.4 is 4.90 Å². The van der Waals surface area contributed by atoms with Gasteiger partial charge in [0, 0.05) is 19.7 Å². The van der Waals surface area contributed by atoms with Gasteiger partial charge in [0.1, 0.15) is 0 Å². The molecule has 1 aromatic heterocycles. The van der Waals surface area contributed by atoms with Crippen molar-refractivity contribution in [3.63, 3.8) is 0 Å². The Hall–Kier alpha value is -1.62. The molecule has 0 radical (unpaired) electrons. The number of carboxylic acid groups (broad SMARTS) is 1. The third-order valence-electron chi connectivity index (χ3n) is 1.96. The van der Waals surface area contributed by atoms with Gasteiger partial charge in [-0.15, -0.1) is 0 Å². The summed E-state index contributed by atoms with van der Waals surface area (Å²) in [6, 6.07) is 3.26. The fourth-order valence-corrected chi connectivity index (χ4v) is 1.46. The monoisotopic (exact) mass is 242 g/mol. The largest absolute Gasteiger partial charge is 0.481 e. The standard InChI is InChI=1S/C10H11ClN2O3/c1-7(14)13(6-4-9(15)16)8-3-2-5-12-10(8)11/h2-3,5H,4,6H2,1H3,(H,15,16). The highest BCUT2D eigenvalue weighted by molar-refractivity contribution is 6.32. The highest BCUT2D eigenvalue weighted by Crippen LogP contribution is 2.23. The van der Waals surface area contributed by atoms with Gasteiger partial charge in [-0.1, -0.05) is 11.6 Å². The van der Waals surface area contributed by atoms with Crippen molar-refractivity contribution in [1.29, 1.82) is 0 Å². The van der Waals surface area contributed by atoms with Crippen molar-refractivity contribution in [2.45, 2.75) is 13.3 Å². The summed E-state index contributed by atoms with van der Waals surface area (Å²) in [4.78, 5) is 26.9. The molecule has 0 bridgehead atoms. The first-order valence-corrected chi connectivity index (χ1v) is 5.00. The maximum Gasteiger partial charge on any atom is 0.305 e. The molecular formula is C10H11ClN2O3. The van der Waals surface area contributed by atoms with E-state index in [1.54, 1.807) is 12.1 Å². The van der Waals surface area contributed by atoms with Crippen LogP contribution in [0.4, 0.5) is 5.69 Å². The van der Waals surface area contributed by atoms with Crippen LogP contribution in [0, 0.1) is 0 Å². The molecule has 86 valence electrons. The molecule has 0 saturated heterocycles. The van der Waals surface area contributed by atoms with Crippen molar-refractivity contribution in [3.05, 3.63) is 23.5 Å². The van der Waals surface area contributed by atoms with Gasteiger partial charge in [0.2, 0.25) is 5.91 Å². The Labute approximate surface area is 97.7 Å². The molecule has 6 heteroatoms. The first kappa shape index (κ1) is 12.4. The number of carbonyl (C=O) groups excluding carboxylic acids is 1. The first-order chi connectivity index (χ1) is 7.52. The number of anilines is 1. The minimum Gasteiger partial charge on any atom is -0.481 e. The topological polar surface area (TPSA) is 70.5 Å². The number of aromatic nitrogens is 1. The molecule has 0 fully saturated rings. The maximum absolute atomic E-state index is 11.4. The Kier molecular flexibility index (Phi) is 4.25. The number of halogens is 1. The van der Waals surface area contributed by atoms with E-state index >= 15 is 0 Å². The summed E-state index contributed by atoms with van der Waals surface area (Å²) in [5.41, 5.74) is 0.429. The van der Waals surface area contributed by atoms with Crippen LogP contribution in [0.1, 0.15) is 13.3 Å². The molecular weight excluding hydrogens is 232 g/mol. The van der Waals surface area contributed by atoms with Gasteiger partial charge >= 0.3 is 5.97 Å². The van der Waals surface area contributed by atoms with Crippen molar-refractivity contribution >= 4 is 29.2 Å². The molecule has 1 aromatic rings. The molecule has 1 heterocycles. The van der Waals surface area contributed by atoms with Crippen LogP contribution in [-0.4, -0.2) is 28.5 Å². The lowest BCUT2D eigenvalue weighted by molar-refractivity contribution is -0.136. The lowest BCUT2D eigenvalue weighted by Crippen LogP contribution is -2.31. The molecule has 0 aliphatic carbocycles. The average molecular weight is 243 g/mol. The number of aliphatic carboxylic acids is 1. The number of pyridine rings is 1. The zero-order valence-electron chi connectivity index (χ0n) is 8.68. The first-order valence-electron chi connectivity index (χ1n) is 4.62. The summed E-state index contributed by atoms with van der Waals surface area (Å²) in [7, 11) is 0. The number of amides is 1. The fraction of sp³-hybridized carbons (Fsp3) is 0.300. The molecule has 0 saturated carbocycles. The molecule has 0 aliphatic rings. The van der Waals surface area contributed by atoms with E-state index in [2.05, 4.69) is 4.98 Å². The molecule has 5 nitrogen and oxygen atoms in total. The smallest absolute Gasteiger partial charge is 0.305 e. The summed E-state index contributed by atoms with van der Waals surface area (Å²) in [6.07, 6.45) is 1.37. The van der Waals surface area contributed by atoms with Crippen LogP contribution in [0.2, 0.25) is 5.15 Å². The zero-order chi connectivity index (χ0) is 12.1. The number of carbonyl (C=O) groups is 2. The van der Waals surface area contributed by atoms with E-state index in [4.69, 9.17) is 16.7 Å². The van der Waals surface area contributed by atoms with E-state index in [0.29, 0.717) is 5.69 Å². The van der Waals surface area contributed by atoms with Crippen LogP contribution in [0.3, 0.4) is 0 Å². The van der Waals surface area contributed by atoms with Crippen molar-refractivity contribution in [2.75, 3.05) is 11.4 Å². The highest BCUT2D eigenvalue weighted by atomic mass is 35.5. The summed E-state index contributed by atoms with van der Waals surface area (Å²) in [5, 5.41) is 8.76. The second kappa shape index (κ2) is 5.46. The van der Waals surface area contributed by atoms with E-state index in [9.17, 15) is 9.59 Å². The molecule has 0 unspecified atom stereocenters. The third-order valence-corrected chi connectivity index (χ3v) is 2.25. The lowest BCUT2D eigenvalue weighted by atomic mass is 10.3. The van der Waals surface area contributed by atoms with Crippen molar-refractivity contribution in [1.82, 2.24) is 4.98 Å². The third kappa shape index (κ3) is 3.20. The van der Waals surface area contributed by atoms with Gasteiger partial charge in [0.15, 0.2) is 5.15 Å². The van der Waals surface area contributed by atoms with Crippen molar-refractivity contribution < 1.29 is 14.7 Å². The highest BCUT2D eigenvalue weighted by Gasteiger charge is 2.15. The fourth-order valence-electron chi connectivity index (χ4n) is 1.23. The van der Waals surface area contributed by atoms with Crippen LogP contribution in [-0.2, 0) is 9.59 Å². The molecule has 0 aromatic carbocycles. The maximum atomic E-state index is 11.4. The molecule has 1 rings (SSSR count).